The Bertz CT molecular complexity index is 513. The molecule has 0 aliphatic carbocycles. The van der Waals surface area contributed by atoms with Gasteiger partial charge in [-0.05, 0) is 39.0 Å². The molecular formula is C14H16N2O2. The van der Waals surface area contributed by atoms with E-state index in [-0.39, 0.29) is 0 Å². The molecule has 1 aliphatic rings. The number of para-hydroxylation sites is 2. The average molecular weight is 244 g/mol. The van der Waals surface area contributed by atoms with Crippen molar-refractivity contribution in [3.05, 3.63) is 36.5 Å². The van der Waals surface area contributed by atoms with Crippen LogP contribution in [0, 0.1) is 0 Å². The summed E-state index contributed by atoms with van der Waals surface area (Å²) >= 11 is 0. The van der Waals surface area contributed by atoms with Gasteiger partial charge in [0, 0.05) is 12.4 Å². The van der Waals surface area contributed by atoms with Crippen LogP contribution in [0.4, 0.5) is 16.2 Å². The molecule has 1 aromatic carbocycles. The lowest BCUT2D eigenvalue weighted by Gasteiger charge is -2.25. The van der Waals surface area contributed by atoms with E-state index in [1.165, 1.54) is 4.90 Å². The minimum Gasteiger partial charge on any atom is -0.443 e. The fraction of sp³-hybridized carbons (Fsp3) is 0.286. The number of allylic oxidation sites excluding steroid dienone is 1. The monoisotopic (exact) mass is 244 g/mol. The number of amides is 1. The van der Waals surface area contributed by atoms with Gasteiger partial charge in [0.05, 0.1) is 11.4 Å². The first-order chi connectivity index (χ1) is 8.47. The number of hydrogen-bond donors (Lipinski definition) is 0. The van der Waals surface area contributed by atoms with Crippen molar-refractivity contribution >= 4 is 23.7 Å². The molecule has 1 heterocycles. The predicted molar refractivity (Wildman–Crippen MR) is 72.4 cm³/mol. The molecule has 0 atom stereocenters. The summed E-state index contributed by atoms with van der Waals surface area (Å²) < 4.78 is 5.37. The first kappa shape index (κ1) is 12.4. The molecule has 0 bridgehead atoms. The molecular weight excluding hydrogens is 228 g/mol. The Morgan fingerprint density at radius 2 is 2.00 bits per heavy atom. The lowest BCUT2D eigenvalue weighted by Crippen LogP contribution is -2.33. The van der Waals surface area contributed by atoms with Crippen LogP contribution in [0.15, 0.2) is 41.5 Å². The maximum absolute atomic E-state index is 12.1. The van der Waals surface area contributed by atoms with Gasteiger partial charge in [0.2, 0.25) is 0 Å². The fourth-order valence-electron chi connectivity index (χ4n) is 1.58. The zero-order valence-corrected chi connectivity index (χ0v) is 10.8. The van der Waals surface area contributed by atoms with Gasteiger partial charge in [0.1, 0.15) is 5.60 Å². The van der Waals surface area contributed by atoms with Crippen molar-refractivity contribution in [2.75, 3.05) is 4.90 Å². The van der Waals surface area contributed by atoms with Crippen LogP contribution >= 0.6 is 0 Å². The minimum atomic E-state index is -0.521. The first-order valence-corrected chi connectivity index (χ1v) is 5.79. The van der Waals surface area contributed by atoms with Crippen molar-refractivity contribution in [3.8, 4) is 0 Å². The van der Waals surface area contributed by atoms with Crippen LogP contribution in [-0.2, 0) is 4.74 Å². The van der Waals surface area contributed by atoms with Crippen LogP contribution in [0.2, 0.25) is 0 Å². The van der Waals surface area contributed by atoms with Gasteiger partial charge >= 0.3 is 6.09 Å². The van der Waals surface area contributed by atoms with Crippen LogP contribution in [-0.4, -0.2) is 17.9 Å². The van der Waals surface area contributed by atoms with E-state index in [9.17, 15) is 4.79 Å². The Kier molecular flexibility index (Phi) is 3.19. The number of nitrogens with zero attached hydrogens (tertiary/aromatic N) is 2. The standard InChI is InChI=1S/C14H16N2O2/c1-14(2,3)18-13(17)16-10-6-9-15-11-7-4-5-8-12(11)16/h4-10H,1-3H3. The number of carbonyl (C=O) groups excluding carboxylic acids is 1. The highest BCUT2D eigenvalue weighted by molar-refractivity contribution is 5.96. The molecule has 0 spiro atoms. The number of carbonyl (C=O) groups is 1. The van der Waals surface area contributed by atoms with Crippen LogP contribution in [0.5, 0.6) is 0 Å². The summed E-state index contributed by atoms with van der Waals surface area (Å²) in [7, 11) is 0. The Labute approximate surface area is 107 Å². The zero-order valence-electron chi connectivity index (χ0n) is 10.8. The van der Waals surface area contributed by atoms with E-state index in [0.29, 0.717) is 0 Å². The van der Waals surface area contributed by atoms with Gasteiger partial charge in [0.15, 0.2) is 0 Å². The van der Waals surface area contributed by atoms with Crippen LogP contribution < -0.4 is 4.90 Å². The van der Waals surface area contributed by atoms with Crippen molar-refractivity contribution in [1.82, 2.24) is 0 Å². The van der Waals surface area contributed by atoms with E-state index in [1.54, 1.807) is 18.5 Å². The summed E-state index contributed by atoms with van der Waals surface area (Å²) in [5.41, 5.74) is 0.942. The second-order valence-corrected chi connectivity index (χ2v) is 4.96. The van der Waals surface area contributed by atoms with Crippen molar-refractivity contribution in [2.24, 2.45) is 4.99 Å². The Morgan fingerprint density at radius 3 is 2.72 bits per heavy atom. The summed E-state index contributed by atoms with van der Waals surface area (Å²) in [6.45, 7) is 5.53. The van der Waals surface area contributed by atoms with Gasteiger partial charge in [-0.3, -0.25) is 9.89 Å². The molecule has 0 aromatic heterocycles. The quantitative estimate of drug-likeness (QED) is 0.699. The number of benzene rings is 1. The van der Waals surface area contributed by atoms with Crippen molar-refractivity contribution in [3.63, 3.8) is 0 Å². The second kappa shape index (κ2) is 4.64. The maximum atomic E-state index is 12.1. The van der Waals surface area contributed by atoms with E-state index >= 15 is 0 Å². The lowest BCUT2D eigenvalue weighted by molar-refractivity contribution is 0.0597. The summed E-state index contributed by atoms with van der Waals surface area (Å²) in [6.07, 6.45) is 4.62. The highest BCUT2D eigenvalue weighted by Gasteiger charge is 2.23. The maximum Gasteiger partial charge on any atom is 0.419 e. The number of fused-ring (bicyclic) bond motifs is 1. The van der Waals surface area contributed by atoms with Gasteiger partial charge in [0.25, 0.3) is 0 Å². The molecule has 0 saturated heterocycles. The van der Waals surface area contributed by atoms with Gasteiger partial charge in [-0.15, -0.1) is 0 Å². The van der Waals surface area contributed by atoms with Gasteiger partial charge < -0.3 is 4.74 Å². The van der Waals surface area contributed by atoms with Crippen LogP contribution in [0.3, 0.4) is 0 Å². The molecule has 0 radical (unpaired) electrons. The second-order valence-electron chi connectivity index (χ2n) is 4.96. The molecule has 0 fully saturated rings. The Hall–Kier alpha value is -2.10. The number of hydrogen-bond acceptors (Lipinski definition) is 3. The van der Waals surface area contributed by atoms with Crippen molar-refractivity contribution < 1.29 is 9.53 Å². The van der Waals surface area contributed by atoms with Gasteiger partial charge in [-0.25, -0.2) is 4.79 Å². The first-order valence-electron chi connectivity index (χ1n) is 5.79. The molecule has 94 valence electrons. The highest BCUT2D eigenvalue weighted by atomic mass is 16.6. The highest BCUT2D eigenvalue weighted by Crippen LogP contribution is 2.30. The molecule has 2 rings (SSSR count). The predicted octanol–water partition coefficient (Wildman–Crippen LogP) is 3.66. The molecule has 0 saturated carbocycles. The number of ether oxygens (including phenoxy) is 1. The number of rotatable bonds is 0. The summed E-state index contributed by atoms with van der Waals surface area (Å²) in [5.74, 6) is 0. The molecule has 1 aliphatic heterocycles. The third-order valence-corrected chi connectivity index (χ3v) is 2.27. The topological polar surface area (TPSA) is 41.9 Å². The van der Waals surface area contributed by atoms with Crippen LogP contribution in [0.1, 0.15) is 20.8 Å². The normalized spacial score (nSPS) is 14.1. The molecule has 18 heavy (non-hydrogen) atoms. The summed E-state index contributed by atoms with van der Waals surface area (Å²) in [5, 5.41) is 0. The molecule has 0 unspecified atom stereocenters. The van der Waals surface area contributed by atoms with Gasteiger partial charge in [-0.2, -0.15) is 0 Å². The third kappa shape index (κ3) is 2.77. The smallest absolute Gasteiger partial charge is 0.419 e. The van der Waals surface area contributed by atoms with E-state index < -0.39 is 11.7 Å². The van der Waals surface area contributed by atoms with E-state index in [1.807, 2.05) is 45.0 Å². The summed E-state index contributed by atoms with van der Waals surface area (Å²) in [6, 6.07) is 7.45. The third-order valence-electron chi connectivity index (χ3n) is 2.27. The fourth-order valence-corrected chi connectivity index (χ4v) is 1.58. The SMILES string of the molecule is CC(C)(C)OC(=O)N1C=CC=Nc2ccccc21. The summed E-state index contributed by atoms with van der Waals surface area (Å²) in [4.78, 5) is 17.8. The Morgan fingerprint density at radius 1 is 1.28 bits per heavy atom. The number of aliphatic imine (C=N–C) groups is 1. The minimum absolute atomic E-state index is 0.406. The molecule has 0 N–H and O–H groups in total. The largest absolute Gasteiger partial charge is 0.443 e. The molecule has 4 heteroatoms. The van der Waals surface area contributed by atoms with E-state index in [2.05, 4.69) is 4.99 Å². The van der Waals surface area contributed by atoms with Crippen molar-refractivity contribution in [1.29, 1.82) is 0 Å². The van der Waals surface area contributed by atoms with Crippen LogP contribution in [0.25, 0.3) is 0 Å². The number of anilines is 1. The Balaban J connectivity index is 2.32. The van der Waals surface area contributed by atoms with Gasteiger partial charge in [-0.1, -0.05) is 12.1 Å². The van der Waals surface area contributed by atoms with E-state index in [4.69, 9.17) is 4.74 Å². The zero-order chi connectivity index (χ0) is 13.2. The molecule has 1 amide bonds. The lowest BCUT2D eigenvalue weighted by atomic mass is 10.2. The molecule has 4 nitrogen and oxygen atoms in total. The van der Waals surface area contributed by atoms with Crippen molar-refractivity contribution in [2.45, 2.75) is 26.4 Å². The van der Waals surface area contributed by atoms with E-state index in [0.717, 1.165) is 11.4 Å². The molecule has 1 aromatic rings. The average Bonchev–Trinajstić information content (AvgIpc) is 2.48.